The smallest absolute Gasteiger partial charge is 0.252 e. The molecule has 2 aromatic rings. The molecule has 0 radical (unpaired) electrons. The van der Waals surface area contributed by atoms with E-state index in [0.29, 0.717) is 11.3 Å². The molecule has 0 saturated carbocycles. The molecule has 0 aromatic heterocycles. The fourth-order valence-electron chi connectivity index (χ4n) is 4.06. The van der Waals surface area contributed by atoms with E-state index in [9.17, 15) is 4.79 Å². The Labute approximate surface area is 160 Å². The summed E-state index contributed by atoms with van der Waals surface area (Å²) in [7, 11) is 0. The number of hydrogen-bond donors (Lipinski definition) is 2. The molecule has 0 bridgehead atoms. The Kier molecular flexibility index (Phi) is 5.57. The van der Waals surface area contributed by atoms with Gasteiger partial charge in [0.1, 0.15) is 0 Å². The van der Waals surface area contributed by atoms with Crippen molar-refractivity contribution in [1.29, 1.82) is 0 Å². The second-order valence-electron chi connectivity index (χ2n) is 7.46. The van der Waals surface area contributed by atoms with Gasteiger partial charge in [0.25, 0.3) is 5.91 Å². The third-order valence-corrected chi connectivity index (χ3v) is 5.64. The summed E-state index contributed by atoms with van der Waals surface area (Å²) in [5, 5.41) is 5.07. The minimum Gasteiger partial charge on any atom is -0.398 e. The van der Waals surface area contributed by atoms with E-state index in [1.165, 1.54) is 0 Å². The summed E-state index contributed by atoms with van der Waals surface area (Å²) in [5.74, 6) is -0.00812. The number of fused-ring (bicyclic) bond motifs is 1. The summed E-state index contributed by atoms with van der Waals surface area (Å²) in [6.07, 6.45) is 1.00. The average Bonchev–Trinajstić information content (AvgIpc) is 3.14. The molecule has 2 heterocycles. The van der Waals surface area contributed by atoms with Gasteiger partial charge in [-0.15, -0.1) is 0 Å². The van der Waals surface area contributed by atoms with Gasteiger partial charge in [-0.2, -0.15) is 0 Å². The highest BCUT2D eigenvalue weighted by atomic mass is 16.5. The molecular weight excluding hydrogens is 340 g/mol. The summed E-state index contributed by atoms with van der Waals surface area (Å²) in [6.45, 7) is 7.82. The number of hydrogen-bond acceptors (Lipinski definition) is 5. The Morgan fingerprint density at radius 2 is 1.78 bits per heavy atom. The SMILES string of the molecule is Nc1cccc2c(C(=O)NC3CCN(CCN4CCOCC4)C3)cccc12. The zero-order valence-electron chi connectivity index (χ0n) is 15.7. The van der Waals surface area contributed by atoms with Crippen molar-refractivity contribution in [3.8, 4) is 0 Å². The first-order valence-electron chi connectivity index (χ1n) is 9.81. The highest BCUT2D eigenvalue weighted by molar-refractivity contribution is 6.09. The lowest BCUT2D eigenvalue weighted by atomic mass is 10.0. The van der Waals surface area contributed by atoms with Crippen molar-refractivity contribution in [3.63, 3.8) is 0 Å². The van der Waals surface area contributed by atoms with E-state index >= 15 is 0 Å². The number of rotatable bonds is 5. The van der Waals surface area contributed by atoms with Crippen LogP contribution in [0.25, 0.3) is 10.8 Å². The number of carbonyl (C=O) groups excluding carboxylic acids is 1. The van der Waals surface area contributed by atoms with Gasteiger partial charge in [-0.25, -0.2) is 0 Å². The molecule has 2 aliphatic rings. The summed E-state index contributed by atoms with van der Waals surface area (Å²) in [5.41, 5.74) is 7.46. The molecule has 2 aromatic carbocycles. The third-order valence-electron chi connectivity index (χ3n) is 5.64. The third kappa shape index (κ3) is 4.24. The number of morpholine rings is 1. The summed E-state index contributed by atoms with van der Waals surface area (Å²) in [4.78, 5) is 17.7. The van der Waals surface area contributed by atoms with Crippen LogP contribution >= 0.6 is 0 Å². The van der Waals surface area contributed by atoms with Crippen molar-refractivity contribution >= 4 is 22.4 Å². The van der Waals surface area contributed by atoms with Crippen LogP contribution in [-0.4, -0.2) is 74.2 Å². The number of nitrogens with one attached hydrogen (secondary N) is 1. The van der Waals surface area contributed by atoms with Gasteiger partial charge in [0.2, 0.25) is 0 Å². The maximum absolute atomic E-state index is 12.8. The van der Waals surface area contributed by atoms with Crippen LogP contribution in [0.15, 0.2) is 36.4 Å². The minimum absolute atomic E-state index is 0.00812. The Bertz CT molecular complexity index is 804. The number of amides is 1. The fraction of sp³-hybridized carbons (Fsp3) is 0.476. The first-order valence-corrected chi connectivity index (χ1v) is 9.81. The van der Waals surface area contributed by atoms with Crippen LogP contribution in [0.4, 0.5) is 5.69 Å². The number of nitrogen functional groups attached to an aromatic ring is 1. The summed E-state index contributed by atoms with van der Waals surface area (Å²) in [6, 6.07) is 11.7. The maximum atomic E-state index is 12.8. The zero-order valence-corrected chi connectivity index (χ0v) is 15.7. The number of benzene rings is 2. The van der Waals surface area contributed by atoms with Crippen LogP contribution < -0.4 is 11.1 Å². The van der Waals surface area contributed by atoms with Crippen LogP contribution in [-0.2, 0) is 4.74 Å². The van der Waals surface area contributed by atoms with Crippen LogP contribution in [0.5, 0.6) is 0 Å². The Morgan fingerprint density at radius 1 is 1.04 bits per heavy atom. The fourth-order valence-corrected chi connectivity index (χ4v) is 4.06. The Hall–Kier alpha value is -2.15. The van der Waals surface area contributed by atoms with Crippen molar-refractivity contribution in [2.24, 2.45) is 0 Å². The average molecular weight is 368 g/mol. The minimum atomic E-state index is -0.00812. The second kappa shape index (κ2) is 8.25. The lowest BCUT2D eigenvalue weighted by molar-refractivity contribution is 0.0343. The van der Waals surface area contributed by atoms with Crippen LogP contribution in [0, 0.1) is 0 Å². The van der Waals surface area contributed by atoms with Crippen molar-refractivity contribution in [1.82, 2.24) is 15.1 Å². The van der Waals surface area contributed by atoms with Gasteiger partial charge < -0.3 is 15.8 Å². The highest BCUT2D eigenvalue weighted by Gasteiger charge is 2.25. The molecule has 0 aliphatic carbocycles. The Balaban J connectivity index is 1.33. The summed E-state index contributed by atoms with van der Waals surface area (Å²) < 4.78 is 5.40. The van der Waals surface area contributed by atoms with Crippen molar-refractivity contribution in [2.45, 2.75) is 12.5 Å². The molecule has 2 saturated heterocycles. The summed E-state index contributed by atoms with van der Waals surface area (Å²) >= 11 is 0. The standard InChI is InChI=1S/C21H28N4O2/c22-20-6-2-3-17-18(20)4-1-5-19(17)21(26)23-16-7-8-25(15-16)10-9-24-11-13-27-14-12-24/h1-6,16H,7-15,22H2,(H,23,26). The molecule has 1 unspecified atom stereocenters. The van der Waals surface area contributed by atoms with Crippen LogP contribution in [0.3, 0.4) is 0 Å². The molecule has 0 spiro atoms. The monoisotopic (exact) mass is 368 g/mol. The molecule has 27 heavy (non-hydrogen) atoms. The molecule has 3 N–H and O–H groups in total. The van der Waals surface area contributed by atoms with Gasteiger partial charge in [-0.3, -0.25) is 14.6 Å². The Morgan fingerprint density at radius 3 is 2.63 bits per heavy atom. The van der Waals surface area contributed by atoms with Crippen LogP contribution in [0.2, 0.25) is 0 Å². The number of nitrogens with zero attached hydrogens (tertiary/aromatic N) is 2. The molecule has 6 heteroatoms. The zero-order chi connectivity index (χ0) is 18.6. The van der Waals surface area contributed by atoms with Gasteiger partial charge in [-0.05, 0) is 23.9 Å². The van der Waals surface area contributed by atoms with Gasteiger partial charge in [0.05, 0.1) is 13.2 Å². The number of likely N-dealkylation sites (tertiary alicyclic amines) is 1. The van der Waals surface area contributed by atoms with E-state index in [-0.39, 0.29) is 11.9 Å². The van der Waals surface area contributed by atoms with E-state index in [4.69, 9.17) is 10.5 Å². The van der Waals surface area contributed by atoms with E-state index in [1.807, 2.05) is 36.4 Å². The van der Waals surface area contributed by atoms with Gasteiger partial charge in [0, 0.05) is 61.9 Å². The predicted molar refractivity (Wildman–Crippen MR) is 108 cm³/mol. The topological polar surface area (TPSA) is 70.8 Å². The largest absolute Gasteiger partial charge is 0.398 e. The van der Waals surface area contributed by atoms with Crippen LogP contribution in [0.1, 0.15) is 16.8 Å². The van der Waals surface area contributed by atoms with E-state index < -0.39 is 0 Å². The predicted octanol–water partition coefficient (Wildman–Crippen LogP) is 1.56. The lowest BCUT2D eigenvalue weighted by Crippen LogP contribution is -2.42. The molecule has 144 valence electrons. The van der Waals surface area contributed by atoms with E-state index in [0.717, 1.165) is 69.7 Å². The van der Waals surface area contributed by atoms with Crippen molar-refractivity contribution in [2.75, 3.05) is 58.2 Å². The molecule has 4 rings (SSSR count). The highest BCUT2D eigenvalue weighted by Crippen LogP contribution is 2.24. The lowest BCUT2D eigenvalue weighted by Gasteiger charge is -2.28. The van der Waals surface area contributed by atoms with Gasteiger partial charge in [-0.1, -0.05) is 24.3 Å². The van der Waals surface area contributed by atoms with Crippen molar-refractivity contribution in [3.05, 3.63) is 42.0 Å². The molecular formula is C21H28N4O2. The number of nitrogens with two attached hydrogens (primary N) is 1. The molecule has 1 atom stereocenters. The molecule has 2 fully saturated rings. The maximum Gasteiger partial charge on any atom is 0.252 e. The number of anilines is 1. The molecule has 2 aliphatic heterocycles. The number of carbonyl (C=O) groups is 1. The van der Waals surface area contributed by atoms with Crippen molar-refractivity contribution < 1.29 is 9.53 Å². The van der Waals surface area contributed by atoms with Gasteiger partial charge in [0.15, 0.2) is 0 Å². The van der Waals surface area contributed by atoms with E-state index in [2.05, 4.69) is 15.1 Å². The molecule has 1 amide bonds. The number of ether oxygens (including phenoxy) is 1. The first-order chi connectivity index (χ1) is 13.2. The van der Waals surface area contributed by atoms with E-state index in [1.54, 1.807) is 0 Å². The second-order valence-corrected chi connectivity index (χ2v) is 7.46. The first kappa shape index (κ1) is 18.2. The van der Waals surface area contributed by atoms with Gasteiger partial charge >= 0.3 is 0 Å². The quantitative estimate of drug-likeness (QED) is 0.784. The normalized spacial score (nSPS) is 21.6. The molecule has 6 nitrogen and oxygen atoms in total.